The molecule has 0 aromatic carbocycles. The van der Waals surface area contributed by atoms with Crippen LogP contribution >= 0.6 is 0 Å². The van der Waals surface area contributed by atoms with Gasteiger partial charge in [0.1, 0.15) is 6.54 Å². The number of hydrogen-bond acceptors (Lipinski definition) is 2. The van der Waals surface area contributed by atoms with Crippen molar-refractivity contribution < 1.29 is 4.79 Å². The first-order valence-electron chi connectivity index (χ1n) is 3.81. The largest absolute Gasteiger partial charge is 0.370 e. The van der Waals surface area contributed by atoms with E-state index in [-0.39, 0.29) is 12.5 Å². The van der Waals surface area contributed by atoms with Crippen molar-refractivity contribution in [1.29, 1.82) is 0 Å². The zero-order chi connectivity index (χ0) is 9.56. The Hall–Kier alpha value is -1.26. The van der Waals surface area contributed by atoms with Gasteiger partial charge in [0, 0.05) is 20.6 Å². The van der Waals surface area contributed by atoms with Gasteiger partial charge in [-0.05, 0) is 6.92 Å². The van der Waals surface area contributed by atoms with Crippen molar-refractivity contribution in [2.24, 2.45) is 10.7 Å². The van der Waals surface area contributed by atoms with Gasteiger partial charge in [0.15, 0.2) is 5.96 Å². The molecule has 0 unspecified atom stereocenters. The third-order valence-electron chi connectivity index (χ3n) is 1.24. The molecule has 1 amide bonds. The monoisotopic (exact) mass is 172 g/mol. The molecule has 5 heteroatoms. The molecule has 0 spiro atoms. The molecule has 0 fully saturated rings. The van der Waals surface area contributed by atoms with Gasteiger partial charge in [-0.2, -0.15) is 0 Å². The third-order valence-corrected chi connectivity index (χ3v) is 1.24. The lowest BCUT2D eigenvalue weighted by atomic mass is 10.5. The van der Waals surface area contributed by atoms with Gasteiger partial charge in [0.2, 0.25) is 5.91 Å². The summed E-state index contributed by atoms with van der Waals surface area (Å²) in [6.45, 7) is 2.73. The Labute approximate surface area is 72.6 Å². The van der Waals surface area contributed by atoms with Crippen LogP contribution in [-0.4, -0.2) is 44.0 Å². The molecule has 0 saturated carbocycles. The summed E-state index contributed by atoms with van der Waals surface area (Å²) in [6, 6.07) is 0. The maximum atomic E-state index is 11.0. The molecule has 0 aromatic heterocycles. The van der Waals surface area contributed by atoms with Crippen LogP contribution in [0.3, 0.4) is 0 Å². The van der Waals surface area contributed by atoms with E-state index >= 15 is 0 Å². The number of rotatable bonds is 3. The summed E-state index contributed by atoms with van der Waals surface area (Å²) in [6.07, 6.45) is 0. The second kappa shape index (κ2) is 5.40. The molecule has 0 aliphatic heterocycles. The molecule has 0 saturated heterocycles. The van der Waals surface area contributed by atoms with Gasteiger partial charge in [-0.3, -0.25) is 4.79 Å². The van der Waals surface area contributed by atoms with Crippen molar-refractivity contribution >= 4 is 11.9 Å². The fourth-order valence-corrected chi connectivity index (χ4v) is 0.531. The minimum atomic E-state index is -0.0594. The molecule has 0 aliphatic rings. The van der Waals surface area contributed by atoms with Crippen molar-refractivity contribution in [1.82, 2.24) is 10.2 Å². The van der Waals surface area contributed by atoms with Gasteiger partial charge in [-0.15, -0.1) is 0 Å². The van der Waals surface area contributed by atoms with Crippen LogP contribution < -0.4 is 11.1 Å². The molecule has 12 heavy (non-hydrogen) atoms. The maximum absolute atomic E-state index is 11.0. The maximum Gasteiger partial charge on any atom is 0.243 e. The van der Waals surface area contributed by atoms with Gasteiger partial charge in [-0.25, -0.2) is 4.99 Å². The van der Waals surface area contributed by atoms with Crippen molar-refractivity contribution in [2.45, 2.75) is 6.92 Å². The molecule has 0 heterocycles. The molecule has 3 N–H and O–H groups in total. The Morgan fingerprint density at radius 2 is 2.17 bits per heavy atom. The predicted molar refractivity (Wildman–Crippen MR) is 48.9 cm³/mol. The number of amides is 1. The Morgan fingerprint density at radius 3 is 2.58 bits per heavy atom. The number of likely N-dealkylation sites (N-methyl/N-ethyl adjacent to an activating group) is 1. The summed E-state index contributed by atoms with van der Waals surface area (Å²) >= 11 is 0. The van der Waals surface area contributed by atoms with E-state index in [1.54, 1.807) is 14.1 Å². The first-order valence-corrected chi connectivity index (χ1v) is 3.81. The van der Waals surface area contributed by atoms with Crippen LogP contribution in [0.1, 0.15) is 6.92 Å². The molecule has 0 aromatic rings. The molecule has 0 bridgehead atoms. The predicted octanol–water partition coefficient (Wildman–Crippen LogP) is -1.00. The topological polar surface area (TPSA) is 70.7 Å². The first kappa shape index (κ1) is 10.7. The highest BCUT2D eigenvalue weighted by Gasteiger charge is 2.01. The van der Waals surface area contributed by atoms with E-state index in [2.05, 4.69) is 10.3 Å². The van der Waals surface area contributed by atoms with E-state index in [1.165, 1.54) is 4.90 Å². The van der Waals surface area contributed by atoms with Gasteiger partial charge in [0.25, 0.3) is 0 Å². The summed E-state index contributed by atoms with van der Waals surface area (Å²) < 4.78 is 0. The Kier molecular flexibility index (Phi) is 4.83. The van der Waals surface area contributed by atoms with Crippen LogP contribution in [0.25, 0.3) is 0 Å². The van der Waals surface area contributed by atoms with Crippen molar-refractivity contribution in [3.8, 4) is 0 Å². The molecular weight excluding hydrogens is 156 g/mol. The third kappa shape index (κ3) is 4.54. The molecule has 0 aliphatic carbocycles. The van der Waals surface area contributed by atoms with Gasteiger partial charge >= 0.3 is 0 Å². The minimum Gasteiger partial charge on any atom is -0.370 e. The molecule has 0 atom stereocenters. The summed E-state index contributed by atoms with van der Waals surface area (Å²) in [5.74, 6) is 0.253. The fraction of sp³-hybridized carbons (Fsp3) is 0.714. The van der Waals surface area contributed by atoms with Crippen LogP contribution in [0, 0.1) is 0 Å². The minimum absolute atomic E-state index is 0.0594. The molecule has 70 valence electrons. The highest BCUT2D eigenvalue weighted by molar-refractivity contribution is 5.83. The van der Waals surface area contributed by atoms with Crippen LogP contribution in [0.15, 0.2) is 4.99 Å². The fourth-order valence-electron chi connectivity index (χ4n) is 0.531. The molecular formula is C7H16N4O. The Bertz CT molecular complexity index is 176. The zero-order valence-corrected chi connectivity index (χ0v) is 7.79. The second-order valence-electron chi connectivity index (χ2n) is 2.52. The molecule has 0 rings (SSSR count). The number of nitrogens with two attached hydrogens (primary N) is 1. The first-order chi connectivity index (χ1) is 5.57. The average molecular weight is 172 g/mol. The number of carbonyl (C=O) groups is 1. The van der Waals surface area contributed by atoms with Gasteiger partial charge in [-0.1, -0.05) is 0 Å². The standard InChI is InChI=1S/C7H16N4O/c1-4-9-7(8)10-5-6(12)11(2)3/h4-5H2,1-3H3,(H3,8,9,10). The van der Waals surface area contributed by atoms with Crippen molar-refractivity contribution in [3.63, 3.8) is 0 Å². The molecule has 5 nitrogen and oxygen atoms in total. The number of aliphatic imine (C=N–C) groups is 1. The summed E-state index contributed by atoms with van der Waals surface area (Å²) in [4.78, 5) is 16.3. The number of nitrogens with one attached hydrogen (secondary N) is 1. The lowest BCUT2D eigenvalue weighted by Crippen LogP contribution is -2.33. The number of hydrogen-bond donors (Lipinski definition) is 2. The van der Waals surface area contributed by atoms with E-state index in [4.69, 9.17) is 5.73 Å². The van der Waals surface area contributed by atoms with Gasteiger partial charge in [0.05, 0.1) is 0 Å². The van der Waals surface area contributed by atoms with Crippen molar-refractivity contribution in [2.75, 3.05) is 27.2 Å². The lowest BCUT2D eigenvalue weighted by Gasteiger charge is -2.07. The van der Waals surface area contributed by atoms with Crippen LogP contribution in [0.5, 0.6) is 0 Å². The van der Waals surface area contributed by atoms with Crippen LogP contribution in [0.2, 0.25) is 0 Å². The highest BCUT2D eigenvalue weighted by atomic mass is 16.2. The van der Waals surface area contributed by atoms with E-state index in [0.29, 0.717) is 12.5 Å². The van der Waals surface area contributed by atoms with E-state index in [1.807, 2.05) is 6.92 Å². The molecule has 0 radical (unpaired) electrons. The Balaban J connectivity index is 3.79. The summed E-state index contributed by atoms with van der Waals surface area (Å²) in [5, 5.41) is 2.80. The van der Waals surface area contributed by atoms with Gasteiger partial charge < -0.3 is 16.0 Å². The zero-order valence-electron chi connectivity index (χ0n) is 7.79. The van der Waals surface area contributed by atoms with E-state index < -0.39 is 0 Å². The number of nitrogens with zero attached hydrogens (tertiary/aromatic N) is 2. The normalized spacial score (nSPS) is 11.1. The number of carbonyl (C=O) groups excluding carboxylic acids is 1. The summed E-state index contributed by atoms with van der Waals surface area (Å²) in [7, 11) is 3.36. The highest BCUT2D eigenvalue weighted by Crippen LogP contribution is 1.79. The lowest BCUT2D eigenvalue weighted by molar-refractivity contribution is -0.127. The van der Waals surface area contributed by atoms with Crippen molar-refractivity contribution in [3.05, 3.63) is 0 Å². The van der Waals surface area contributed by atoms with Crippen LogP contribution in [0.4, 0.5) is 0 Å². The number of guanidine groups is 1. The second-order valence-corrected chi connectivity index (χ2v) is 2.52. The van der Waals surface area contributed by atoms with Crippen LogP contribution in [-0.2, 0) is 4.79 Å². The van der Waals surface area contributed by atoms with E-state index in [9.17, 15) is 4.79 Å². The van der Waals surface area contributed by atoms with E-state index in [0.717, 1.165) is 0 Å². The Morgan fingerprint density at radius 1 is 1.58 bits per heavy atom. The quantitative estimate of drug-likeness (QED) is 0.423. The smallest absolute Gasteiger partial charge is 0.243 e. The summed E-state index contributed by atoms with van der Waals surface area (Å²) in [5.41, 5.74) is 5.40. The average Bonchev–Trinajstić information content (AvgIpc) is 2.00. The SMILES string of the molecule is CCNC(N)=NCC(=O)N(C)C.